The molecule has 0 aliphatic rings. The second-order valence-corrected chi connectivity index (χ2v) is 6.56. The highest BCUT2D eigenvalue weighted by atomic mass is 16.7. The lowest BCUT2D eigenvalue weighted by molar-refractivity contribution is 0.0127. The molecule has 0 aliphatic carbocycles. The molecule has 22 heavy (non-hydrogen) atoms. The Balaban J connectivity index is 4.57. The molecule has 4 heteroatoms. The van der Waals surface area contributed by atoms with Crippen LogP contribution in [-0.2, 0) is 9.57 Å². The van der Waals surface area contributed by atoms with E-state index in [4.69, 9.17) is 9.57 Å². The maximum atomic E-state index is 11.9. The molecule has 1 unspecified atom stereocenters. The van der Waals surface area contributed by atoms with Gasteiger partial charge in [0.25, 0.3) is 0 Å². The Hall–Kier alpha value is -1.97. The van der Waals surface area contributed by atoms with Crippen molar-refractivity contribution >= 4 is 6.09 Å². The molecule has 0 heterocycles. The average molecular weight is 307 g/mol. The first-order chi connectivity index (χ1) is 10.2. The van der Waals surface area contributed by atoms with Crippen LogP contribution in [0.4, 0.5) is 4.79 Å². The maximum Gasteiger partial charge on any atom is 0.440 e. The van der Waals surface area contributed by atoms with E-state index in [1.807, 2.05) is 13.8 Å². The quantitative estimate of drug-likeness (QED) is 0.393. The molecular formula is C18H29NO3. The Bertz CT molecular complexity index is 428. The molecular weight excluding hydrogens is 278 g/mol. The Kier molecular flexibility index (Phi) is 8.99. The van der Waals surface area contributed by atoms with Crippen LogP contribution in [0.25, 0.3) is 0 Å². The van der Waals surface area contributed by atoms with Gasteiger partial charge in [0, 0.05) is 0 Å². The van der Waals surface area contributed by atoms with Crippen LogP contribution in [0.1, 0.15) is 41.0 Å². The zero-order chi connectivity index (χ0) is 17.2. The van der Waals surface area contributed by atoms with E-state index in [9.17, 15) is 4.79 Å². The van der Waals surface area contributed by atoms with Crippen LogP contribution in [0.3, 0.4) is 0 Å². The van der Waals surface area contributed by atoms with Crippen molar-refractivity contribution in [3.63, 3.8) is 0 Å². The Morgan fingerprint density at radius 3 is 2.32 bits per heavy atom. The smallest absolute Gasteiger partial charge is 0.440 e. The van der Waals surface area contributed by atoms with Crippen molar-refractivity contribution in [2.24, 2.45) is 11.3 Å². The fourth-order valence-corrected chi connectivity index (χ4v) is 1.68. The summed E-state index contributed by atoms with van der Waals surface area (Å²) in [6, 6.07) is 0. The van der Waals surface area contributed by atoms with Crippen LogP contribution in [-0.4, -0.2) is 12.2 Å². The molecule has 0 spiro atoms. The van der Waals surface area contributed by atoms with Crippen molar-refractivity contribution in [1.82, 2.24) is 5.48 Å². The molecule has 124 valence electrons. The second-order valence-electron chi connectivity index (χ2n) is 6.56. The van der Waals surface area contributed by atoms with E-state index in [1.165, 1.54) is 0 Å². The normalized spacial score (nSPS) is 13.8. The number of amides is 1. The van der Waals surface area contributed by atoms with Crippen LogP contribution < -0.4 is 5.48 Å². The first-order valence-electron chi connectivity index (χ1n) is 7.45. The molecule has 0 rings (SSSR count). The minimum Gasteiger partial charge on any atom is -0.444 e. The number of carbonyl (C=O) groups is 1. The number of hydrogen-bond donors (Lipinski definition) is 1. The number of nitrogens with one attached hydrogen (secondary N) is 1. The number of ether oxygens (including phenoxy) is 1. The number of carbonyl (C=O) groups excluding carboxylic acids is 1. The topological polar surface area (TPSA) is 47.6 Å². The highest BCUT2D eigenvalue weighted by Crippen LogP contribution is 2.26. The van der Waals surface area contributed by atoms with Gasteiger partial charge >= 0.3 is 6.09 Å². The lowest BCUT2D eigenvalue weighted by Crippen LogP contribution is -2.33. The SMILES string of the molecule is C=C/C=C\C(=C/C=C)ONC(=O)OC(CC(C)(C)C)C(C)C. The summed E-state index contributed by atoms with van der Waals surface area (Å²) in [4.78, 5) is 17.1. The van der Waals surface area contributed by atoms with E-state index < -0.39 is 6.09 Å². The van der Waals surface area contributed by atoms with Crippen molar-refractivity contribution in [1.29, 1.82) is 0 Å². The Morgan fingerprint density at radius 1 is 1.23 bits per heavy atom. The number of rotatable bonds is 8. The highest BCUT2D eigenvalue weighted by Gasteiger charge is 2.25. The number of hydroxylamine groups is 1. The van der Waals surface area contributed by atoms with E-state index in [0.29, 0.717) is 5.76 Å². The molecule has 0 radical (unpaired) electrons. The van der Waals surface area contributed by atoms with E-state index in [2.05, 4.69) is 39.4 Å². The van der Waals surface area contributed by atoms with Gasteiger partial charge in [-0.3, -0.25) is 0 Å². The van der Waals surface area contributed by atoms with E-state index >= 15 is 0 Å². The molecule has 0 fully saturated rings. The molecule has 4 nitrogen and oxygen atoms in total. The summed E-state index contributed by atoms with van der Waals surface area (Å²) in [7, 11) is 0. The van der Waals surface area contributed by atoms with Crippen LogP contribution >= 0.6 is 0 Å². The van der Waals surface area contributed by atoms with Gasteiger partial charge in [-0.2, -0.15) is 5.48 Å². The fraction of sp³-hybridized carbons (Fsp3) is 0.500. The minimum atomic E-state index is -0.607. The third-order valence-electron chi connectivity index (χ3n) is 2.75. The standard InChI is InChI=1S/C18H29NO3/c1-8-10-12-15(11-9-2)22-19-17(20)21-16(14(3)4)13-18(5,6)7/h8-12,14,16H,1-2,13H2,3-7H3,(H,19,20)/b12-10-,15-11+. The molecule has 0 saturated heterocycles. The van der Waals surface area contributed by atoms with Gasteiger partial charge < -0.3 is 9.57 Å². The first-order valence-corrected chi connectivity index (χ1v) is 7.45. The summed E-state index contributed by atoms with van der Waals surface area (Å²) in [5, 5.41) is 0. The Morgan fingerprint density at radius 2 is 1.86 bits per heavy atom. The van der Waals surface area contributed by atoms with Crippen molar-refractivity contribution in [3.05, 3.63) is 49.3 Å². The monoisotopic (exact) mass is 307 g/mol. The van der Waals surface area contributed by atoms with Crippen LogP contribution in [0.2, 0.25) is 0 Å². The third-order valence-corrected chi connectivity index (χ3v) is 2.75. The van der Waals surface area contributed by atoms with Crippen LogP contribution in [0, 0.1) is 11.3 Å². The van der Waals surface area contributed by atoms with Gasteiger partial charge in [0.1, 0.15) is 6.10 Å². The maximum absolute atomic E-state index is 11.9. The first kappa shape index (κ1) is 20.0. The molecule has 1 amide bonds. The summed E-state index contributed by atoms with van der Waals surface area (Å²) in [5.74, 6) is 0.664. The lowest BCUT2D eigenvalue weighted by Gasteiger charge is -2.28. The summed E-state index contributed by atoms with van der Waals surface area (Å²) in [6.45, 7) is 17.6. The summed E-state index contributed by atoms with van der Waals surface area (Å²) in [5.41, 5.74) is 2.36. The van der Waals surface area contributed by atoms with Crippen LogP contribution in [0.15, 0.2) is 49.3 Å². The Labute approximate surface area is 134 Å². The molecule has 0 aromatic heterocycles. The zero-order valence-electron chi connectivity index (χ0n) is 14.4. The summed E-state index contributed by atoms with van der Waals surface area (Å²) < 4.78 is 5.45. The van der Waals surface area contributed by atoms with Crippen molar-refractivity contribution in [2.75, 3.05) is 0 Å². The molecule has 0 bridgehead atoms. The molecule has 1 N–H and O–H groups in total. The predicted molar refractivity (Wildman–Crippen MR) is 91.0 cm³/mol. The minimum absolute atomic E-state index is 0.0800. The summed E-state index contributed by atoms with van der Waals surface area (Å²) >= 11 is 0. The van der Waals surface area contributed by atoms with Gasteiger partial charge in [0.05, 0.1) is 0 Å². The largest absolute Gasteiger partial charge is 0.444 e. The fourth-order valence-electron chi connectivity index (χ4n) is 1.68. The van der Waals surface area contributed by atoms with Gasteiger partial charge in [-0.1, -0.05) is 66.0 Å². The average Bonchev–Trinajstić information content (AvgIpc) is 2.39. The van der Waals surface area contributed by atoms with Gasteiger partial charge in [0.2, 0.25) is 0 Å². The number of hydrogen-bond acceptors (Lipinski definition) is 3. The van der Waals surface area contributed by atoms with Crippen molar-refractivity contribution in [2.45, 2.75) is 47.1 Å². The van der Waals surface area contributed by atoms with Crippen molar-refractivity contribution in [3.8, 4) is 0 Å². The van der Waals surface area contributed by atoms with E-state index in [-0.39, 0.29) is 17.4 Å². The van der Waals surface area contributed by atoms with Gasteiger partial charge in [0.15, 0.2) is 5.76 Å². The van der Waals surface area contributed by atoms with E-state index in [1.54, 1.807) is 30.4 Å². The highest BCUT2D eigenvalue weighted by molar-refractivity contribution is 5.66. The summed E-state index contributed by atoms with van der Waals surface area (Å²) in [6.07, 6.45) is 8.15. The molecule has 0 aromatic rings. The molecule has 0 saturated carbocycles. The van der Waals surface area contributed by atoms with Crippen molar-refractivity contribution < 1.29 is 14.4 Å². The molecule has 0 aromatic carbocycles. The van der Waals surface area contributed by atoms with E-state index in [0.717, 1.165) is 6.42 Å². The van der Waals surface area contributed by atoms with Crippen LogP contribution in [0.5, 0.6) is 0 Å². The molecule has 0 aliphatic heterocycles. The van der Waals surface area contributed by atoms with Gasteiger partial charge in [-0.25, -0.2) is 4.79 Å². The third kappa shape index (κ3) is 9.86. The predicted octanol–water partition coefficient (Wildman–Crippen LogP) is 4.92. The second kappa shape index (κ2) is 9.87. The number of allylic oxidation sites excluding steroid dienone is 5. The lowest BCUT2D eigenvalue weighted by atomic mass is 9.85. The molecule has 1 atom stereocenters. The zero-order valence-corrected chi connectivity index (χ0v) is 14.4. The van der Waals surface area contributed by atoms with Gasteiger partial charge in [-0.05, 0) is 29.9 Å². The van der Waals surface area contributed by atoms with Gasteiger partial charge in [-0.15, -0.1) is 0 Å².